The first-order valence-electron chi connectivity index (χ1n) is 7.51. The van der Waals surface area contributed by atoms with Gasteiger partial charge >= 0.3 is 0 Å². The number of hydrogen-bond acceptors (Lipinski definition) is 4. The van der Waals surface area contributed by atoms with E-state index in [-0.39, 0.29) is 12.0 Å². The van der Waals surface area contributed by atoms with E-state index in [0.29, 0.717) is 6.54 Å². The molecule has 5 heteroatoms. The number of nitrogens with two attached hydrogens (primary N) is 1. The van der Waals surface area contributed by atoms with Crippen LogP contribution in [0.1, 0.15) is 19.4 Å². The van der Waals surface area contributed by atoms with Crippen molar-refractivity contribution in [2.45, 2.75) is 26.5 Å². The van der Waals surface area contributed by atoms with Gasteiger partial charge in [0.05, 0.1) is 12.6 Å². The molecule has 1 aliphatic rings. The van der Waals surface area contributed by atoms with E-state index in [1.54, 1.807) is 0 Å². The first kappa shape index (κ1) is 15.8. The second-order valence-corrected chi connectivity index (χ2v) is 5.83. The molecule has 21 heavy (non-hydrogen) atoms. The monoisotopic (exact) mass is 291 g/mol. The van der Waals surface area contributed by atoms with Crippen LogP contribution in [0.5, 0.6) is 5.75 Å². The Morgan fingerprint density at radius 2 is 1.90 bits per heavy atom. The fraction of sp³-hybridized carbons (Fsp3) is 0.562. The summed E-state index contributed by atoms with van der Waals surface area (Å²) in [5.41, 5.74) is 6.49. The Morgan fingerprint density at radius 1 is 1.24 bits per heavy atom. The maximum absolute atomic E-state index is 10.9. The fourth-order valence-electron chi connectivity index (χ4n) is 2.57. The number of ether oxygens (including phenoxy) is 1. The number of amides is 1. The van der Waals surface area contributed by atoms with Crippen molar-refractivity contribution in [2.75, 3.05) is 32.7 Å². The van der Waals surface area contributed by atoms with Crippen LogP contribution in [-0.2, 0) is 11.3 Å². The highest BCUT2D eigenvalue weighted by Gasteiger charge is 2.18. The Balaban J connectivity index is 1.84. The van der Waals surface area contributed by atoms with Gasteiger partial charge in [0, 0.05) is 32.7 Å². The molecule has 0 saturated carbocycles. The molecule has 0 atom stereocenters. The van der Waals surface area contributed by atoms with Crippen LogP contribution < -0.4 is 10.5 Å². The highest BCUT2D eigenvalue weighted by atomic mass is 16.5. The van der Waals surface area contributed by atoms with Crippen molar-refractivity contribution >= 4 is 5.91 Å². The minimum atomic E-state index is -0.248. The number of benzene rings is 1. The van der Waals surface area contributed by atoms with Crippen LogP contribution in [-0.4, -0.2) is 54.5 Å². The Kier molecular flexibility index (Phi) is 5.59. The maximum atomic E-state index is 10.9. The third kappa shape index (κ3) is 5.36. The fourth-order valence-corrected chi connectivity index (χ4v) is 2.57. The molecule has 0 radical (unpaired) electrons. The highest BCUT2D eigenvalue weighted by molar-refractivity contribution is 5.75. The van der Waals surface area contributed by atoms with E-state index < -0.39 is 0 Å². The molecule has 0 spiro atoms. The lowest BCUT2D eigenvalue weighted by atomic mass is 10.2. The van der Waals surface area contributed by atoms with Gasteiger partial charge in [0.25, 0.3) is 0 Å². The van der Waals surface area contributed by atoms with E-state index in [1.165, 1.54) is 5.56 Å². The molecule has 1 aliphatic heterocycles. The number of piperazine rings is 1. The average Bonchev–Trinajstić information content (AvgIpc) is 2.40. The van der Waals surface area contributed by atoms with Crippen LogP contribution in [0.15, 0.2) is 24.3 Å². The summed E-state index contributed by atoms with van der Waals surface area (Å²) in [5, 5.41) is 0. The third-order valence-electron chi connectivity index (χ3n) is 3.52. The van der Waals surface area contributed by atoms with Crippen molar-refractivity contribution in [1.29, 1.82) is 0 Å². The van der Waals surface area contributed by atoms with E-state index in [9.17, 15) is 4.79 Å². The largest absolute Gasteiger partial charge is 0.491 e. The molecular weight excluding hydrogens is 266 g/mol. The van der Waals surface area contributed by atoms with Crippen molar-refractivity contribution < 1.29 is 9.53 Å². The van der Waals surface area contributed by atoms with Crippen molar-refractivity contribution in [2.24, 2.45) is 5.73 Å². The van der Waals surface area contributed by atoms with E-state index in [2.05, 4.69) is 21.9 Å². The smallest absolute Gasteiger partial charge is 0.231 e. The zero-order chi connectivity index (χ0) is 15.2. The third-order valence-corrected chi connectivity index (χ3v) is 3.52. The van der Waals surface area contributed by atoms with E-state index in [4.69, 9.17) is 10.5 Å². The molecule has 1 aromatic rings. The summed E-state index contributed by atoms with van der Waals surface area (Å²) >= 11 is 0. The van der Waals surface area contributed by atoms with Crippen LogP contribution in [0.25, 0.3) is 0 Å². The SMILES string of the molecule is CC(C)Oc1cccc(CN2CCN(CC(N)=O)CC2)c1. The topological polar surface area (TPSA) is 58.8 Å². The van der Waals surface area contributed by atoms with Gasteiger partial charge in [-0.2, -0.15) is 0 Å². The summed E-state index contributed by atoms with van der Waals surface area (Å²) in [6.45, 7) is 9.06. The van der Waals surface area contributed by atoms with E-state index >= 15 is 0 Å². The standard InChI is InChI=1S/C16H25N3O2/c1-13(2)21-15-5-3-4-14(10-15)11-18-6-8-19(9-7-18)12-16(17)20/h3-5,10,13H,6-9,11-12H2,1-2H3,(H2,17,20). The van der Waals surface area contributed by atoms with Gasteiger partial charge in [0.2, 0.25) is 5.91 Å². The lowest BCUT2D eigenvalue weighted by Crippen LogP contribution is -2.48. The molecule has 0 aromatic heterocycles. The zero-order valence-electron chi connectivity index (χ0n) is 12.9. The minimum absolute atomic E-state index is 0.192. The average molecular weight is 291 g/mol. The number of hydrogen-bond donors (Lipinski definition) is 1. The van der Waals surface area contributed by atoms with Gasteiger partial charge in [-0.3, -0.25) is 14.6 Å². The molecule has 1 saturated heterocycles. The molecule has 1 aromatic carbocycles. The Morgan fingerprint density at radius 3 is 2.52 bits per heavy atom. The first-order chi connectivity index (χ1) is 10.0. The van der Waals surface area contributed by atoms with E-state index in [1.807, 2.05) is 26.0 Å². The summed E-state index contributed by atoms with van der Waals surface area (Å²) in [6.07, 6.45) is 0.192. The lowest BCUT2D eigenvalue weighted by Gasteiger charge is -2.34. The quantitative estimate of drug-likeness (QED) is 0.852. The molecule has 116 valence electrons. The second kappa shape index (κ2) is 7.43. The van der Waals surface area contributed by atoms with Gasteiger partial charge in [-0.05, 0) is 31.5 Å². The molecule has 5 nitrogen and oxygen atoms in total. The summed E-state index contributed by atoms with van der Waals surface area (Å²) in [6, 6.07) is 8.27. The van der Waals surface area contributed by atoms with Crippen molar-refractivity contribution in [3.8, 4) is 5.75 Å². The Labute approximate surface area is 126 Å². The van der Waals surface area contributed by atoms with Crippen molar-refractivity contribution in [3.05, 3.63) is 29.8 Å². The molecule has 0 bridgehead atoms. The van der Waals surface area contributed by atoms with Crippen molar-refractivity contribution in [1.82, 2.24) is 9.80 Å². The van der Waals surface area contributed by atoms with Crippen molar-refractivity contribution in [3.63, 3.8) is 0 Å². The predicted octanol–water partition coefficient (Wildman–Crippen LogP) is 1.08. The van der Waals surface area contributed by atoms with Crippen LogP contribution in [0, 0.1) is 0 Å². The van der Waals surface area contributed by atoms with Gasteiger partial charge in [0.1, 0.15) is 5.75 Å². The van der Waals surface area contributed by atoms with Gasteiger partial charge in [-0.25, -0.2) is 0 Å². The molecule has 2 rings (SSSR count). The summed E-state index contributed by atoms with van der Waals surface area (Å²) in [4.78, 5) is 15.4. The molecule has 2 N–H and O–H groups in total. The Bertz CT molecular complexity index is 468. The zero-order valence-corrected chi connectivity index (χ0v) is 12.9. The van der Waals surface area contributed by atoms with Crippen LogP contribution >= 0.6 is 0 Å². The minimum Gasteiger partial charge on any atom is -0.491 e. The molecule has 1 heterocycles. The van der Waals surface area contributed by atoms with Gasteiger partial charge in [-0.1, -0.05) is 12.1 Å². The maximum Gasteiger partial charge on any atom is 0.231 e. The molecule has 0 unspecified atom stereocenters. The predicted molar refractivity (Wildman–Crippen MR) is 83.1 cm³/mol. The number of rotatable bonds is 6. The van der Waals surface area contributed by atoms with Crippen LogP contribution in [0.3, 0.4) is 0 Å². The van der Waals surface area contributed by atoms with E-state index in [0.717, 1.165) is 38.5 Å². The summed E-state index contributed by atoms with van der Waals surface area (Å²) < 4.78 is 5.73. The first-order valence-corrected chi connectivity index (χ1v) is 7.51. The summed E-state index contributed by atoms with van der Waals surface area (Å²) in [7, 11) is 0. The van der Waals surface area contributed by atoms with Gasteiger partial charge in [-0.15, -0.1) is 0 Å². The lowest BCUT2D eigenvalue weighted by molar-refractivity contribution is -0.119. The van der Waals surface area contributed by atoms with Gasteiger partial charge < -0.3 is 10.5 Å². The molecular formula is C16H25N3O2. The normalized spacial score (nSPS) is 17.1. The molecule has 1 fully saturated rings. The molecule has 0 aliphatic carbocycles. The number of nitrogens with zero attached hydrogens (tertiary/aromatic N) is 2. The number of primary amides is 1. The molecule has 1 amide bonds. The van der Waals surface area contributed by atoms with Crippen LogP contribution in [0.2, 0.25) is 0 Å². The van der Waals surface area contributed by atoms with Gasteiger partial charge in [0.15, 0.2) is 0 Å². The van der Waals surface area contributed by atoms with Crippen LogP contribution in [0.4, 0.5) is 0 Å². The second-order valence-electron chi connectivity index (χ2n) is 5.83. The number of carbonyl (C=O) groups excluding carboxylic acids is 1. The Hall–Kier alpha value is -1.59. The number of carbonyl (C=O) groups is 1. The highest BCUT2D eigenvalue weighted by Crippen LogP contribution is 2.17. The summed E-state index contributed by atoms with van der Waals surface area (Å²) in [5.74, 6) is 0.678.